The summed E-state index contributed by atoms with van der Waals surface area (Å²) in [6.45, 7) is 4.80. The zero-order valence-electron chi connectivity index (χ0n) is 11.6. The summed E-state index contributed by atoms with van der Waals surface area (Å²) < 4.78 is 5.58. The number of carboxylic acids is 1. The molecule has 0 radical (unpaired) electrons. The Labute approximate surface area is 113 Å². The first-order valence-electron chi connectivity index (χ1n) is 6.70. The first-order chi connectivity index (χ1) is 9.10. The van der Waals surface area contributed by atoms with Gasteiger partial charge in [0.25, 0.3) is 0 Å². The summed E-state index contributed by atoms with van der Waals surface area (Å²) in [6.07, 6.45) is 5.86. The van der Waals surface area contributed by atoms with Gasteiger partial charge >= 0.3 is 5.97 Å². The molecule has 5 nitrogen and oxygen atoms in total. The molecule has 0 bridgehead atoms. The quantitative estimate of drug-likeness (QED) is 0.755. The number of unbranched alkanes of at least 4 members (excludes halogenated alkanes) is 1. The molecule has 1 aromatic heterocycles. The van der Waals surface area contributed by atoms with Gasteiger partial charge in [-0.1, -0.05) is 33.1 Å². The molecule has 1 atom stereocenters. The van der Waals surface area contributed by atoms with Crippen molar-refractivity contribution in [1.29, 1.82) is 0 Å². The Morgan fingerprint density at radius 3 is 2.84 bits per heavy atom. The Bertz CT molecular complexity index is 421. The molecule has 1 aromatic rings. The lowest BCUT2D eigenvalue weighted by Crippen LogP contribution is -2.14. The van der Waals surface area contributed by atoms with Gasteiger partial charge in [-0.05, 0) is 18.4 Å². The molecule has 1 unspecified atom stereocenters. The number of carbonyl (C=O) groups is 1. The highest BCUT2D eigenvalue weighted by molar-refractivity contribution is 5.94. The van der Waals surface area contributed by atoms with Gasteiger partial charge in [-0.25, -0.2) is 9.78 Å². The highest BCUT2D eigenvalue weighted by Gasteiger charge is 2.14. The smallest absolute Gasteiger partial charge is 0.338 e. The second-order valence-electron chi connectivity index (χ2n) is 4.61. The Balaban J connectivity index is 2.66. The number of aromatic carboxylic acids is 1. The molecule has 1 heterocycles. The molecule has 0 aromatic carbocycles. The van der Waals surface area contributed by atoms with E-state index < -0.39 is 5.97 Å². The zero-order valence-corrected chi connectivity index (χ0v) is 11.6. The van der Waals surface area contributed by atoms with Crippen LogP contribution in [0.25, 0.3) is 0 Å². The minimum atomic E-state index is -1.07. The average molecular weight is 266 g/mol. The second kappa shape index (κ2) is 7.61. The van der Waals surface area contributed by atoms with Crippen molar-refractivity contribution in [3.63, 3.8) is 0 Å². The van der Waals surface area contributed by atoms with Crippen LogP contribution in [0.3, 0.4) is 0 Å². The minimum Gasteiger partial charge on any atom is -0.478 e. The maximum atomic E-state index is 10.9. The second-order valence-corrected chi connectivity index (χ2v) is 4.61. The van der Waals surface area contributed by atoms with Crippen LogP contribution in [0.15, 0.2) is 12.3 Å². The number of aromatic nitrogens is 1. The molecule has 5 heteroatoms. The SMILES string of the molecule is CCCCC(CC)COc1nccc(C(=O)O)c1N. The average Bonchev–Trinajstić information content (AvgIpc) is 2.40. The van der Waals surface area contributed by atoms with E-state index in [2.05, 4.69) is 18.8 Å². The molecule has 0 saturated heterocycles. The number of nitrogens with zero attached hydrogens (tertiary/aromatic N) is 1. The van der Waals surface area contributed by atoms with E-state index in [1.807, 2.05) is 0 Å². The number of anilines is 1. The Hall–Kier alpha value is -1.78. The first kappa shape index (κ1) is 15.3. The highest BCUT2D eigenvalue weighted by atomic mass is 16.5. The fourth-order valence-corrected chi connectivity index (χ4v) is 1.85. The summed E-state index contributed by atoms with van der Waals surface area (Å²) in [5.74, 6) is -0.396. The number of pyridine rings is 1. The molecule has 106 valence electrons. The van der Waals surface area contributed by atoms with Crippen LogP contribution in [-0.2, 0) is 0 Å². The number of ether oxygens (including phenoxy) is 1. The summed E-state index contributed by atoms with van der Waals surface area (Å²) in [4.78, 5) is 14.9. The van der Waals surface area contributed by atoms with Crippen molar-refractivity contribution in [1.82, 2.24) is 4.98 Å². The van der Waals surface area contributed by atoms with Crippen molar-refractivity contribution in [2.45, 2.75) is 39.5 Å². The van der Waals surface area contributed by atoms with Crippen molar-refractivity contribution < 1.29 is 14.6 Å². The predicted octanol–water partition coefficient (Wildman–Crippen LogP) is 2.96. The Kier molecular flexibility index (Phi) is 6.12. The molecular formula is C14H22N2O3. The van der Waals surface area contributed by atoms with E-state index >= 15 is 0 Å². The van der Waals surface area contributed by atoms with Gasteiger partial charge in [0.1, 0.15) is 5.69 Å². The summed E-state index contributed by atoms with van der Waals surface area (Å²) in [5.41, 5.74) is 5.88. The van der Waals surface area contributed by atoms with E-state index in [-0.39, 0.29) is 17.1 Å². The van der Waals surface area contributed by atoms with E-state index in [4.69, 9.17) is 15.6 Å². The lowest BCUT2D eigenvalue weighted by molar-refractivity contribution is 0.0697. The van der Waals surface area contributed by atoms with E-state index in [0.717, 1.165) is 19.3 Å². The Morgan fingerprint density at radius 1 is 1.53 bits per heavy atom. The van der Waals surface area contributed by atoms with Crippen molar-refractivity contribution in [3.05, 3.63) is 17.8 Å². The summed E-state index contributed by atoms with van der Waals surface area (Å²) >= 11 is 0. The van der Waals surface area contributed by atoms with Gasteiger partial charge in [0, 0.05) is 6.20 Å². The van der Waals surface area contributed by atoms with Crippen molar-refractivity contribution in [3.8, 4) is 5.88 Å². The highest BCUT2D eigenvalue weighted by Crippen LogP contribution is 2.23. The van der Waals surface area contributed by atoms with Gasteiger partial charge in [0.15, 0.2) is 0 Å². The van der Waals surface area contributed by atoms with Crippen LogP contribution in [-0.4, -0.2) is 22.7 Å². The number of carboxylic acid groups (broad SMARTS) is 1. The molecule has 0 amide bonds. The van der Waals surface area contributed by atoms with Crippen LogP contribution in [0.2, 0.25) is 0 Å². The molecule has 0 fully saturated rings. The third-order valence-electron chi connectivity index (χ3n) is 3.18. The summed E-state index contributed by atoms with van der Waals surface area (Å²) in [6, 6.07) is 1.37. The molecule has 0 spiro atoms. The van der Waals surface area contributed by atoms with E-state index in [1.54, 1.807) is 0 Å². The van der Waals surface area contributed by atoms with E-state index in [9.17, 15) is 4.79 Å². The number of hydrogen-bond donors (Lipinski definition) is 2. The number of hydrogen-bond acceptors (Lipinski definition) is 4. The van der Waals surface area contributed by atoms with Crippen LogP contribution in [0, 0.1) is 5.92 Å². The van der Waals surface area contributed by atoms with E-state index in [0.29, 0.717) is 12.5 Å². The lowest BCUT2D eigenvalue weighted by atomic mass is 10.0. The summed E-state index contributed by atoms with van der Waals surface area (Å²) in [5, 5.41) is 8.97. The zero-order chi connectivity index (χ0) is 14.3. The number of nitrogens with two attached hydrogens (primary N) is 1. The standard InChI is InChI=1S/C14H22N2O3/c1-3-5-6-10(4-2)9-19-13-12(15)11(14(17)18)7-8-16-13/h7-8,10H,3-6,9,15H2,1-2H3,(H,17,18). The van der Waals surface area contributed by atoms with Crippen LogP contribution in [0.5, 0.6) is 5.88 Å². The maximum absolute atomic E-state index is 10.9. The minimum absolute atomic E-state index is 0.0339. The van der Waals surface area contributed by atoms with Gasteiger partial charge < -0.3 is 15.6 Å². The fraction of sp³-hybridized carbons (Fsp3) is 0.571. The van der Waals surface area contributed by atoms with Gasteiger partial charge in [0.05, 0.1) is 12.2 Å². The molecule has 0 aliphatic carbocycles. The van der Waals surface area contributed by atoms with Crippen LogP contribution >= 0.6 is 0 Å². The van der Waals surface area contributed by atoms with Crippen LogP contribution in [0.4, 0.5) is 5.69 Å². The van der Waals surface area contributed by atoms with Gasteiger partial charge in [0.2, 0.25) is 5.88 Å². The van der Waals surface area contributed by atoms with Gasteiger partial charge in [-0.2, -0.15) is 0 Å². The predicted molar refractivity (Wildman–Crippen MR) is 74.4 cm³/mol. The first-order valence-corrected chi connectivity index (χ1v) is 6.70. The Morgan fingerprint density at radius 2 is 2.26 bits per heavy atom. The fourth-order valence-electron chi connectivity index (χ4n) is 1.85. The van der Waals surface area contributed by atoms with Crippen molar-refractivity contribution in [2.75, 3.05) is 12.3 Å². The normalized spacial score (nSPS) is 12.1. The summed E-state index contributed by atoms with van der Waals surface area (Å²) in [7, 11) is 0. The third-order valence-corrected chi connectivity index (χ3v) is 3.18. The maximum Gasteiger partial charge on any atom is 0.338 e. The topological polar surface area (TPSA) is 85.4 Å². The van der Waals surface area contributed by atoms with Gasteiger partial charge in [-0.15, -0.1) is 0 Å². The number of nitrogen functional groups attached to an aromatic ring is 1. The van der Waals surface area contributed by atoms with Crippen LogP contribution < -0.4 is 10.5 Å². The van der Waals surface area contributed by atoms with Crippen molar-refractivity contribution >= 4 is 11.7 Å². The van der Waals surface area contributed by atoms with Gasteiger partial charge in [-0.3, -0.25) is 0 Å². The molecule has 3 N–H and O–H groups in total. The molecule has 0 aliphatic rings. The molecule has 0 saturated carbocycles. The van der Waals surface area contributed by atoms with Crippen LogP contribution in [0.1, 0.15) is 49.9 Å². The third kappa shape index (κ3) is 4.43. The number of rotatable bonds is 8. The largest absolute Gasteiger partial charge is 0.478 e. The molecule has 0 aliphatic heterocycles. The molecular weight excluding hydrogens is 244 g/mol. The molecule has 19 heavy (non-hydrogen) atoms. The van der Waals surface area contributed by atoms with Crippen molar-refractivity contribution in [2.24, 2.45) is 5.92 Å². The monoisotopic (exact) mass is 266 g/mol. The molecule has 1 rings (SSSR count). The lowest BCUT2D eigenvalue weighted by Gasteiger charge is -2.16. The van der Waals surface area contributed by atoms with E-state index in [1.165, 1.54) is 18.7 Å².